The minimum Gasteiger partial charge on any atom is -0.744 e. The molecule has 3 nitrogen and oxygen atoms in total. The van der Waals surface area contributed by atoms with Crippen molar-refractivity contribution in [2.45, 2.75) is 4.90 Å². The molecule has 0 bridgehead atoms. The van der Waals surface area contributed by atoms with Crippen molar-refractivity contribution in [1.29, 1.82) is 0 Å². The van der Waals surface area contributed by atoms with E-state index in [-0.39, 0.29) is 34.5 Å². The summed E-state index contributed by atoms with van der Waals surface area (Å²) in [5, 5.41) is 0. The topological polar surface area (TPSA) is 57.2 Å². The van der Waals surface area contributed by atoms with Crippen LogP contribution in [0.5, 0.6) is 0 Å². The molecule has 0 amide bonds. The van der Waals surface area contributed by atoms with Crippen molar-refractivity contribution in [2.75, 3.05) is 0 Å². The molecule has 0 saturated heterocycles. The standard InChI is InChI=1S/C8H6I2O3S.Na/c1-2-5-3-6(9)8(7(10)4-5)14(11,12)13;/h2-4H,1H2,(H,11,12,13);/q;+1/p-1. The van der Waals surface area contributed by atoms with Gasteiger partial charge in [0.1, 0.15) is 10.1 Å². The van der Waals surface area contributed by atoms with Crippen LogP contribution in [-0.2, 0) is 10.1 Å². The van der Waals surface area contributed by atoms with Crippen molar-refractivity contribution in [1.82, 2.24) is 0 Å². The molecule has 1 rings (SSSR count). The van der Waals surface area contributed by atoms with Gasteiger partial charge in [-0.25, -0.2) is 8.42 Å². The zero-order valence-corrected chi connectivity index (χ0v) is 15.0. The summed E-state index contributed by atoms with van der Waals surface area (Å²) in [5.74, 6) is 0. The SMILES string of the molecule is C=Cc1cc(I)c(S(=O)(=O)[O-])c(I)c1.[Na+]. The van der Waals surface area contributed by atoms with Crippen molar-refractivity contribution in [2.24, 2.45) is 0 Å². The van der Waals surface area contributed by atoms with Gasteiger partial charge >= 0.3 is 29.6 Å². The molecule has 0 heterocycles. The van der Waals surface area contributed by atoms with E-state index < -0.39 is 10.1 Å². The Morgan fingerprint density at radius 3 is 1.93 bits per heavy atom. The Hall–Kier alpha value is 1.33. The van der Waals surface area contributed by atoms with E-state index in [4.69, 9.17) is 0 Å². The Kier molecular flexibility index (Phi) is 6.87. The van der Waals surface area contributed by atoms with Crippen molar-refractivity contribution in [3.63, 3.8) is 0 Å². The van der Waals surface area contributed by atoms with Crippen LogP contribution < -0.4 is 29.6 Å². The molecule has 0 fully saturated rings. The molecular weight excluding hydrogens is 453 g/mol. The molecule has 0 saturated carbocycles. The van der Waals surface area contributed by atoms with E-state index in [1.54, 1.807) is 18.2 Å². The van der Waals surface area contributed by atoms with E-state index in [1.807, 2.05) is 45.2 Å². The first-order valence-electron chi connectivity index (χ1n) is 3.43. The summed E-state index contributed by atoms with van der Waals surface area (Å²) < 4.78 is 33.5. The van der Waals surface area contributed by atoms with E-state index in [1.165, 1.54) is 0 Å². The Morgan fingerprint density at radius 2 is 1.67 bits per heavy atom. The minimum absolute atomic E-state index is 0. The van der Waals surface area contributed by atoms with Gasteiger partial charge in [0, 0.05) is 7.14 Å². The fourth-order valence-electron chi connectivity index (χ4n) is 0.936. The van der Waals surface area contributed by atoms with Crippen LogP contribution in [0.25, 0.3) is 6.08 Å². The fourth-order valence-corrected chi connectivity index (χ4v) is 4.97. The first kappa shape index (κ1) is 16.3. The number of hydrogen-bond acceptors (Lipinski definition) is 3. The molecule has 0 aliphatic rings. The van der Waals surface area contributed by atoms with Crippen molar-refractivity contribution in [3.8, 4) is 0 Å². The van der Waals surface area contributed by atoms with Crippen LogP contribution in [0.1, 0.15) is 5.56 Å². The van der Waals surface area contributed by atoms with E-state index in [2.05, 4.69) is 6.58 Å². The molecule has 1 aromatic carbocycles. The van der Waals surface area contributed by atoms with Gasteiger partial charge in [-0.1, -0.05) is 12.7 Å². The van der Waals surface area contributed by atoms with Gasteiger partial charge in [0.05, 0.1) is 4.90 Å². The van der Waals surface area contributed by atoms with Crippen LogP contribution in [0, 0.1) is 7.14 Å². The molecule has 0 aliphatic carbocycles. The Morgan fingerprint density at radius 1 is 1.27 bits per heavy atom. The third-order valence-electron chi connectivity index (χ3n) is 1.51. The van der Waals surface area contributed by atoms with Crippen molar-refractivity contribution >= 4 is 61.4 Å². The second-order valence-corrected chi connectivity index (χ2v) is 6.11. The van der Waals surface area contributed by atoms with Gasteiger partial charge in [-0.05, 0) is 62.9 Å². The summed E-state index contributed by atoms with van der Waals surface area (Å²) in [4.78, 5) is -0.149. The molecule has 76 valence electrons. The number of rotatable bonds is 2. The quantitative estimate of drug-likeness (QED) is 0.340. The largest absolute Gasteiger partial charge is 1.00 e. The maximum atomic E-state index is 10.9. The number of halogens is 2. The molecule has 15 heavy (non-hydrogen) atoms. The first-order valence-corrected chi connectivity index (χ1v) is 7.00. The molecule has 0 N–H and O–H groups in total. The van der Waals surface area contributed by atoms with Gasteiger partial charge in [0.2, 0.25) is 0 Å². The minimum atomic E-state index is -4.39. The summed E-state index contributed by atoms with van der Waals surface area (Å²) in [6.45, 7) is 3.57. The van der Waals surface area contributed by atoms with Gasteiger partial charge in [-0.15, -0.1) is 0 Å². The molecule has 0 aromatic heterocycles. The average molecular weight is 458 g/mol. The van der Waals surface area contributed by atoms with E-state index in [0.717, 1.165) is 5.56 Å². The number of benzene rings is 1. The van der Waals surface area contributed by atoms with Crippen LogP contribution in [0.15, 0.2) is 23.6 Å². The predicted octanol–water partition coefficient (Wildman–Crippen LogP) is -0.553. The van der Waals surface area contributed by atoms with E-state index >= 15 is 0 Å². The Balaban J connectivity index is 0.00000196. The monoisotopic (exact) mass is 458 g/mol. The van der Waals surface area contributed by atoms with Crippen LogP contribution >= 0.6 is 45.2 Å². The average Bonchev–Trinajstić information content (AvgIpc) is 1.99. The van der Waals surface area contributed by atoms with Crippen LogP contribution in [0.4, 0.5) is 0 Å². The molecule has 7 heteroatoms. The third kappa shape index (κ3) is 4.25. The second kappa shape index (κ2) is 6.31. The van der Waals surface area contributed by atoms with Crippen molar-refractivity contribution < 1.29 is 42.5 Å². The summed E-state index contributed by atoms with van der Waals surface area (Å²) in [5.41, 5.74) is 0.797. The maximum absolute atomic E-state index is 10.9. The van der Waals surface area contributed by atoms with Gasteiger partial charge in [-0.3, -0.25) is 0 Å². The normalized spacial score (nSPS) is 10.6. The zero-order valence-electron chi connectivity index (χ0n) is 7.83. The van der Waals surface area contributed by atoms with Gasteiger partial charge in [0.15, 0.2) is 0 Å². The number of hydrogen-bond donors (Lipinski definition) is 0. The summed E-state index contributed by atoms with van der Waals surface area (Å²) in [6, 6.07) is 3.22. The first-order chi connectivity index (χ1) is 6.36. The molecule has 0 atom stereocenters. The Labute approximate surface area is 138 Å². The van der Waals surface area contributed by atoms with Gasteiger partial charge < -0.3 is 4.55 Å². The molecular formula is C8H5I2NaO3S. The van der Waals surface area contributed by atoms with E-state index in [0.29, 0.717) is 7.14 Å². The Bertz CT molecular complexity index is 462. The summed E-state index contributed by atoms with van der Waals surface area (Å²) >= 11 is 3.66. The van der Waals surface area contributed by atoms with Crippen molar-refractivity contribution in [3.05, 3.63) is 31.4 Å². The van der Waals surface area contributed by atoms with Crippen LogP contribution in [0.2, 0.25) is 0 Å². The maximum Gasteiger partial charge on any atom is 1.00 e. The molecule has 0 radical (unpaired) electrons. The summed E-state index contributed by atoms with van der Waals surface area (Å²) in [7, 11) is -4.39. The molecule has 0 aliphatic heterocycles. The van der Waals surface area contributed by atoms with Gasteiger partial charge in [0.25, 0.3) is 0 Å². The second-order valence-electron chi connectivity index (χ2n) is 2.47. The van der Waals surface area contributed by atoms with Crippen LogP contribution in [0.3, 0.4) is 0 Å². The van der Waals surface area contributed by atoms with Crippen LogP contribution in [-0.4, -0.2) is 13.0 Å². The zero-order chi connectivity index (χ0) is 10.9. The summed E-state index contributed by atoms with van der Waals surface area (Å²) in [6.07, 6.45) is 1.60. The predicted molar refractivity (Wildman–Crippen MR) is 69.9 cm³/mol. The smallest absolute Gasteiger partial charge is 0.744 e. The van der Waals surface area contributed by atoms with Gasteiger partial charge in [-0.2, -0.15) is 0 Å². The third-order valence-corrected chi connectivity index (χ3v) is 4.88. The fraction of sp³-hybridized carbons (Fsp3) is 0. The molecule has 0 spiro atoms. The molecule has 1 aromatic rings. The molecule has 0 unspecified atom stereocenters. The van der Waals surface area contributed by atoms with E-state index in [9.17, 15) is 13.0 Å².